The highest BCUT2D eigenvalue weighted by Crippen LogP contribution is 2.30. The number of aromatic nitrogens is 2. The molecule has 0 amide bonds. The zero-order valence-corrected chi connectivity index (χ0v) is 16.5. The molecule has 28 heavy (non-hydrogen) atoms. The molecule has 0 unspecified atom stereocenters. The van der Waals surface area contributed by atoms with Crippen molar-refractivity contribution in [1.29, 1.82) is 0 Å². The molecule has 1 aromatic heterocycles. The third kappa shape index (κ3) is 3.43. The summed E-state index contributed by atoms with van der Waals surface area (Å²) in [6.07, 6.45) is 0. The third-order valence-electron chi connectivity index (χ3n) is 4.46. The van der Waals surface area contributed by atoms with Crippen LogP contribution in [0.15, 0.2) is 47.4 Å². The lowest BCUT2D eigenvalue weighted by Gasteiger charge is -2.18. The van der Waals surface area contributed by atoms with E-state index in [9.17, 15) is 18.5 Å². The number of nitrogens with zero attached hydrogens (tertiary/aromatic N) is 4. The highest BCUT2D eigenvalue weighted by atomic mass is 32.2. The summed E-state index contributed by atoms with van der Waals surface area (Å²) in [7, 11) is -1.38. The molecule has 0 atom stereocenters. The summed E-state index contributed by atoms with van der Waals surface area (Å²) in [5.41, 5.74) is 1.14. The van der Waals surface area contributed by atoms with Gasteiger partial charge in [-0.2, -0.15) is 4.31 Å². The lowest BCUT2D eigenvalue weighted by molar-refractivity contribution is -0.387. The van der Waals surface area contributed by atoms with Gasteiger partial charge in [-0.1, -0.05) is 12.1 Å². The third-order valence-corrected chi connectivity index (χ3v) is 6.32. The predicted molar refractivity (Wildman–Crippen MR) is 104 cm³/mol. The highest BCUT2D eigenvalue weighted by molar-refractivity contribution is 7.89. The fourth-order valence-electron chi connectivity index (χ4n) is 3.04. The number of sulfonamides is 1. The van der Waals surface area contributed by atoms with E-state index in [1.54, 1.807) is 0 Å². The molecular weight excluding hydrogens is 384 g/mol. The highest BCUT2D eigenvalue weighted by Gasteiger charge is 2.31. The molecule has 3 rings (SSSR count). The minimum absolute atomic E-state index is 0.0198. The zero-order valence-electron chi connectivity index (χ0n) is 15.7. The first kappa shape index (κ1) is 19.8. The van der Waals surface area contributed by atoms with E-state index in [1.165, 1.54) is 26.3 Å². The number of imidazole rings is 1. The summed E-state index contributed by atoms with van der Waals surface area (Å²) in [6.45, 7) is 2.54. The fraction of sp³-hybridized carbons (Fsp3) is 0.278. The maximum atomic E-state index is 13.0. The second-order valence-electron chi connectivity index (χ2n) is 6.11. The Labute approximate surface area is 162 Å². The van der Waals surface area contributed by atoms with Crippen molar-refractivity contribution in [2.75, 3.05) is 14.2 Å². The summed E-state index contributed by atoms with van der Waals surface area (Å²) >= 11 is 0. The Hall–Kier alpha value is -2.98. The monoisotopic (exact) mass is 404 g/mol. The van der Waals surface area contributed by atoms with Gasteiger partial charge in [-0.3, -0.25) is 10.1 Å². The summed E-state index contributed by atoms with van der Waals surface area (Å²) in [5.74, 6) is 0.770. The van der Waals surface area contributed by atoms with Gasteiger partial charge < -0.3 is 9.30 Å². The van der Waals surface area contributed by atoms with E-state index in [4.69, 9.17) is 4.74 Å². The van der Waals surface area contributed by atoms with Crippen molar-refractivity contribution in [2.45, 2.75) is 24.9 Å². The molecule has 0 aliphatic rings. The first-order valence-electron chi connectivity index (χ1n) is 8.52. The average molecular weight is 404 g/mol. The minimum atomic E-state index is -4.12. The summed E-state index contributed by atoms with van der Waals surface area (Å²) in [6, 6.07) is 11.2. The average Bonchev–Trinajstić information content (AvgIpc) is 3.04. The van der Waals surface area contributed by atoms with Crippen LogP contribution in [0.4, 0.5) is 5.69 Å². The van der Waals surface area contributed by atoms with E-state index in [0.29, 0.717) is 12.4 Å². The van der Waals surface area contributed by atoms with Crippen molar-refractivity contribution >= 4 is 26.7 Å². The maximum Gasteiger partial charge on any atom is 0.293 e. The van der Waals surface area contributed by atoms with Gasteiger partial charge in [-0.05, 0) is 31.2 Å². The molecular formula is C18H20N4O5S. The van der Waals surface area contributed by atoms with Crippen LogP contribution in [0.3, 0.4) is 0 Å². The number of nitro benzene ring substituents is 1. The molecule has 0 bridgehead atoms. The number of benzene rings is 2. The second-order valence-corrected chi connectivity index (χ2v) is 8.13. The van der Waals surface area contributed by atoms with Gasteiger partial charge in [0.2, 0.25) is 10.0 Å². The van der Waals surface area contributed by atoms with Crippen molar-refractivity contribution in [2.24, 2.45) is 0 Å². The maximum absolute atomic E-state index is 13.0. The molecule has 0 saturated carbocycles. The molecule has 1 heterocycles. The summed E-state index contributed by atoms with van der Waals surface area (Å²) in [4.78, 5) is 14.8. The van der Waals surface area contributed by atoms with Crippen LogP contribution in [0, 0.1) is 10.1 Å². The quantitative estimate of drug-likeness (QED) is 0.443. The van der Waals surface area contributed by atoms with Crippen LogP contribution in [-0.2, 0) is 23.1 Å². The Morgan fingerprint density at radius 3 is 2.61 bits per heavy atom. The molecule has 10 heteroatoms. The minimum Gasteiger partial charge on any atom is -0.497 e. The summed E-state index contributed by atoms with van der Waals surface area (Å²) in [5, 5.41) is 11.4. The van der Waals surface area contributed by atoms with Crippen LogP contribution >= 0.6 is 0 Å². The Kier molecular flexibility index (Phi) is 5.34. The van der Waals surface area contributed by atoms with Gasteiger partial charge in [-0.25, -0.2) is 13.4 Å². The Morgan fingerprint density at radius 2 is 1.96 bits per heavy atom. The van der Waals surface area contributed by atoms with Gasteiger partial charge in [0.1, 0.15) is 11.6 Å². The Bertz CT molecular complexity index is 1140. The van der Waals surface area contributed by atoms with Crippen molar-refractivity contribution in [3.05, 3.63) is 58.4 Å². The number of methoxy groups -OCH3 is 1. The van der Waals surface area contributed by atoms with Crippen LogP contribution in [0.2, 0.25) is 0 Å². The number of nitro groups is 1. The Balaban J connectivity index is 2.01. The van der Waals surface area contributed by atoms with Crippen molar-refractivity contribution in [3.63, 3.8) is 0 Å². The molecule has 0 fully saturated rings. The molecule has 0 N–H and O–H groups in total. The SMILES string of the molecule is CCn1c(CN(C)S(=O)(=O)c2ccc(OC)cc2[N+](=O)[O-])nc2ccccc21. The van der Waals surface area contributed by atoms with E-state index in [1.807, 2.05) is 35.8 Å². The lowest BCUT2D eigenvalue weighted by Crippen LogP contribution is -2.28. The van der Waals surface area contributed by atoms with Crippen LogP contribution in [0.1, 0.15) is 12.7 Å². The number of hydrogen-bond donors (Lipinski definition) is 0. The Morgan fingerprint density at radius 1 is 1.25 bits per heavy atom. The van der Waals surface area contributed by atoms with Crippen molar-refractivity contribution in [1.82, 2.24) is 13.9 Å². The van der Waals surface area contributed by atoms with Gasteiger partial charge in [0, 0.05) is 13.6 Å². The number of aryl methyl sites for hydroxylation is 1. The summed E-state index contributed by atoms with van der Waals surface area (Å²) < 4.78 is 34.0. The molecule has 3 aromatic rings. The second kappa shape index (κ2) is 7.56. The smallest absolute Gasteiger partial charge is 0.293 e. The van der Waals surface area contributed by atoms with E-state index in [2.05, 4.69) is 4.98 Å². The number of rotatable bonds is 7. The van der Waals surface area contributed by atoms with Crippen molar-refractivity contribution in [3.8, 4) is 5.75 Å². The molecule has 148 valence electrons. The van der Waals surface area contributed by atoms with Gasteiger partial charge in [0.05, 0.1) is 35.7 Å². The zero-order chi connectivity index (χ0) is 20.5. The number of ether oxygens (including phenoxy) is 1. The lowest BCUT2D eigenvalue weighted by atomic mass is 10.3. The fourth-order valence-corrected chi connectivity index (χ4v) is 4.29. The first-order valence-corrected chi connectivity index (χ1v) is 9.96. The van der Waals surface area contributed by atoms with E-state index in [-0.39, 0.29) is 17.2 Å². The molecule has 0 saturated heterocycles. The van der Waals surface area contributed by atoms with Crippen LogP contribution < -0.4 is 4.74 Å². The molecule has 0 aliphatic carbocycles. The van der Waals surface area contributed by atoms with E-state index < -0.39 is 20.6 Å². The molecule has 0 aliphatic heterocycles. The normalized spacial score (nSPS) is 11.9. The first-order chi connectivity index (χ1) is 13.3. The largest absolute Gasteiger partial charge is 0.497 e. The van der Waals surface area contributed by atoms with Gasteiger partial charge >= 0.3 is 0 Å². The number of hydrogen-bond acceptors (Lipinski definition) is 6. The van der Waals surface area contributed by atoms with Gasteiger partial charge in [-0.15, -0.1) is 0 Å². The number of para-hydroxylation sites is 2. The molecule has 0 radical (unpaired) electrons. The predicted octanol–water partition coefficient (Wildman–Crippen LogP) is 2.79. The van der Waals surface area contributed by atoms with Crippen LogP contribution in [0.25, 0.3) is 11.0 Å². The van der Waals surface area contributed by atoms with Crippen LogP contribution in [0.5, 0.6) is 5.75 Å². The standard InChI is InChI=1S/C18H20N4O5S/c1-4-21-15-8-6-5-7-14(15)19-18(21)12-20(2)28(25,26)17-10-9-13(27-3)11-16(17)22(23)24/h5-11H,4,12H2,1-3H3. The topological polar surface area (TPSA) is 108 Å². The molecule has 2 aromatic carbocycles. The van der Waals surface area contributed by atoms with Crippen molar-refractivity contribution < 1.29 is 18.1 Å². The number of fused-ring (bicyclic) bond motifs is 1. The van der Waals surface area contributed by atoms with Gasteiger partial charge in [0.25, 0.3) is 5.69 Å². The van der Waals surface area contributed by atoms with Gasteiger partial charge in [0.15, 0.2) is 4.90 Å². The molecule has 0 spiro atoms. The van der Waals surface area contributed by atoms with Crippen LogP contribution in [-0.4, -0.2) is 41.4 Å². The molecule has 9 nitrogen and oxygen atoms in total. The van der Waals surface area contributed by atoms with E-state index in [0.717, 1.165) is 21.4 Å². The van der Waals surface area contributed by atoms with E-state index >= 15 is 0 Å².